The number of amides is 2. The van der Waals surface area contributed by atoms with Gasteiger partial charge >= 0.3 is 24.3 Å². The SMILES string of the molecule is CCOc1cc2ncc(C(N)=O)c(Nc3cccc(CNC(=O)C4(N)CCCCC4)c3CC)c2cc1OCC.O=C(O)C(F)(F)F.O=C(O)C(F)(F)F. The molecule has 19 heteroatoms. The van der Waals surface area contributed by atoms with Gasteiger partial charge < -0.3 is 41.8 Å². The lowest BCUT2D eigenvalue weighted by atomic mass is 9.82. The van der Waals surface area contributed by atoms with Crippen molar-refractivity contribution >= 4 is 46.0 Å². The van der Waals surface area contributed by atoms with Crippen LogP contribution in [0.3, 0.4) is 0 Å². The fraction of sp³-hybridized carbons (Fsp3) is 0.441. The zero-order chi connectivity index (χ0) is 40.1. The van der Waals surface area contributed by atoms with Crippen LogP contribution >= 0.6 is 0 Å². The van der Waals surface area contributed by atoms with Crippen molar-refractivity contribution in [3.63, 3.8) is 0 Å². The molecule has 4 rings (SSSR count). The largest absolute Gasteiger partial charge is 0.490 e. The first kappa shape index (κ1) is 43.8. The molecule has 53 heavy (non-hydrogen) atoms. The number of carbonyl (C=O) groups excluding carboxylic acids is 2. The lowest BCUT2D eigenvalue weighted by molar-refractivity contribution is -0.193. The standard InChI is InChI=1S/C30H39N5O4.2C2HF3O2/c1-4-20-19(17-34-29(37)30(32)13-8-7-9-14-30)11-10-12-23(20)35-27-21-15-25(38-5-2)26(39-6-3)16-24(21)33-18-22(27)28(31)36;2*3-2(4,5)1(6)7/h10-12,15-16,18H,4-9,13-14,17,32H2,1-3H3,(H2,31,36)(H,33,35)(H,34,37);2*(H,6,7). The average molecular weight is 762 g/mol. The Morgan fingerprint density at radius 3 is 1.89 bits per heavy atom. The summed E-state index contributed by atoms with van der Waals surface area (Å²) in [6, 6.07) is 9.50. The van der Waals surface area contributed by atoms with Gasteiger partial charge in [0.1, 0.15) is 0 Å². The molecule has 0 saturated heterocycles. The molecule has 1 fully saturated rings. The number of aromatic nitrogens is 1. The van der Waals surface area contributed by atoms with Crippen molar-refractivity contribution in [2.75, 3.05) is 18.5 Å². The zero-order valence-electron chi connectivity index (χ0n) is 29.0. The maximum atomic E-state index is 13.0. The molecule has 0 radical (unpaired) electrons. The Labute approximate surface area is 300 Å². The van der Waals surface area contributed by atoms with Gasteiger partial charge in [-0.15, -0.1) is 0 Å². The van der Waals surface area contributed by atoms with E-state index >= 15 is 0 Å². The first-order chi connectivity index (χ1) is 24.7. The number of ether oxygens (including phenoxy) is 2. The second-order valence-electron chi connectivity index (χ2n) is 11.5. The van der Waals surface area contributed by atoms with Crippen molar-refractivity contribution in [2.45, 2.75) is 83.7 Å². The van der Waals surface area contributed by atoms with Gasteiger partial charge in [0.25, 0.3) is 5.91 Å². The third kappa shape index (κ3) is 12.4. The molecule has 2 amide bonds. The molecule has 13 nitrogen and oxygen atoms in total. The molecule has 0 unspecified atom stereocenters. The normalized spacial score (nSPS) is 13.7. The summed E-state index contributed by atoms with van der Waals surface area (Å²) >= 11 is 0. The first-order valence-corrected chi connectivity index (χ1v) is 16.3. The van der Waals surface area contributed by atoms with Crippen LogP contribution in [0.1, 0.15) is 74.4 Å². The Morgan fingerprint density at radius 1 is 0.887 bits per heavy atom. The van der Waals surface area contributed by atoms with Crippen LogP contribution in [0, 0.1) is 0 Å². The molecule has 0 bridgehead atoms. The number of primary amides is 1. The van der Waals surface area contributed by atoms with Gasteiger partial charge in [-0.3, -0.25) is 14.6 Å². The number of hydrogen-bond acceptors (Lipinski definition) is 9. The van der Waals surface area contributed by atoms with Gasteiger partial charge in [-0.2, -0.15) is 26.3 Å². The Bertz CT molecular complexity index is 1740. The van der Waals surface area contributed by atoms with Gasteiger partial charge in [0.05, 0.1) is 35.5 Å². The number of fused-ring (bicyclic) bond motifs is 1. The lowest BCUT2D eigenvalue weighted by Crippen LogP contribution is -2.54. The number of rotatable bonds is 11. The van der Waals surface area contributed by atoms with Gasteiger partial charge in [-0.05, 0) is 56.4 Å². The molecule has 1 saturated carbocycles. The molecular weight excluding hydrogens is 720 g/mol. The molecular formula is C34H41F6N5O8. The quantitative estimate of drug-likeness (QED) is 0.125. The van der Waals surface area contributed by atoms with Crippen molar-refractivity contribution in [1.29, 1.82) is 0 Å². The van der Waals surface area contributed by atoms with Crippen LogP contribution in [0.2, 0.25) is 0 Å². The highest BCUT2D eigenvalue weighted by atomic mass is 19.4. The number of anilines is 2. The lowest BCUT2D eigenvalue weighted by Gasteiger charge is -2.32. The number of nitrogens with one attached hydrogen (secondary N) is 2. The van der Waals surface area contributed by atoms with E-state index in [1.165, 1.54) is 6.20 Å². The van der Waals surface area contributed by atoms with Crippen LogP contribution in [-0.4, -0.2) is 70.1 Å². The summed E-state index contributed by atoms with van der Waals surface area (Å²) in [4.78, 5) is 47.7. The number of carbonyl (C=O) groups is 4. The van der Waals surface area contributed by atoms with E-state index in [1.54, 1.807) is 6.07 Å². The fourth-order valence-electron chi connectivity index (χ4n) is 5.29. The van der Waals surface area contributed by atoms with Crippen LogP contribution in [-0.2, 0) is 27.3 Å². The van der Waals surface area contributed by atoms with E-state index < -0.39 is 35.7 Å². The predicted molar refractivity (Wildman–Crippen MR) is 181 cm³/mol. The van der Waals surface area contributed by atoms with Crippen molar-refractivity contribution in [2.24, 2.45) is 11.5 Å². The second kappa shape index (κ2) is 19.0. The minimum atomic E-state index is -5.08. The van der Waals surface area contributed by atoms with E-state index in [9.17, 15) is 35.9 Å². The van der Waals surface area contributed by atoms with Crippen molar-refractivity contribution < 1.29 is 65.2 Å². The van der Waals surface area contributed by atoms with Gasteiger partial charge in [0, 0.05) is 29.9 Å². The van der Waals surface area contributed by atoms with E-state index in [0.29, 0.717) is 67.1 Å². The number of pyridine rings is 1. The number of benzene rings is 2. The molecule has 0 spiro atoms. The van der Waals surface area contributed by atoms with E-state index in [2.05, 4.69) is 22.5 Å². The highest BCUT2D eigenvalue weighted by Gasteiger charge is 2.39. The maximum absolute atomic E-state index is 13.0. The van der Waals surface area contributed by atoms with Crippen LogP contribution in [0.15, 0.2) is 36.5 Å². The Morgan fingerprint density at radius 2 is 1.42 bits per heavy atom. The van der Waals surface area contributed by atoms with Crippen LogP contribution in [0.25, 0.3) is 10.9 Å². The molecule has 0 atom stereocenters. The molecule has 292 valence electrons. The van der Waals surface area contributed by atoms with Crippen LogP contribution in [0.4, 0.5) is 37.7 Å². The third-order valence-electron chi connectivity index (χ3n) is 7.81. The number of aliphatic carboxylic acids is 2. The second-order valence-corrected chi connectivity index (χ2v) is 11.5. The topological polar surface area (TPSA) is 216 Å². The maximum Gasteiger partial charge on any atom is 0.490 e. The van der Waals surface area contributed by atoms with Gasteiger partial charge in [0.2, 0.25) is 5.91 Å². The van der Waals surface area contributed by atoms with Crippen LogP contribution < -0.4 is 31.6 Å². The molecule has 1 aliphatic rings. The minimum absolute atomic E-state index is 0.104. The molecule has 1 aromatic heterocycles. The summed E-state index contributed by atoms with van der Waals surface area (Å²) < 4.78 is 75.1. The smallest absolute Gasteiger partial charge is 0.490 e. The molecule has 3 aromatic rings. The van der Waals surface area contributed by atoms with E-state index in [1.807, 2.05) is 38.1 Å². The molecule has 8 N–H and O–H groups in total. The molecule has 1 heterocycles. The summed E-state index contributed by atoms with van der Waals surface area (Å²) in [7, 11) is 0. The first-order valence-electron chi connectivity index (χ1n) is 16.3. The van der Waals surface area contributed by atoms with E-state index in [0.717, 1.165) is 36.1 Å². The van der Waals surface area contributed by atoms with E-state index in [4.69, 9.17) is 40.7 Å². The molecule has 0 aliphatic heterocycles. The van der Waals surface area contributed by atoms with Crippen molar-refractivity contribution in [3.05, 3.63) is 53.2 Å². The highest BCUT2D eigenvalue weighted by molar-refractivity contribution is 6.08. The summed E-state index contributed by atoms with van der Waals surface area (Å²) in [6.07, 6.45) is -3.50. The molecule has 1 aliphatic carbocycles. The van der Waals surface area contributed by atoms with Crippen molar-refractivity contribution in [1.82, 2.24) is 10.3 Å². The average Bonchev–Trinajstić information content (AvgIpc) is 3.07. The number of nitrogens with two attached hydrogens (primary N) is 2. The Balaban J connectivity index is 0.000000587. The van der Waals surface area contributed by atoms with Gasteiger partial charge in [-0.1, -0.05) is 38.3 Å². The number of hydrogen-bond donors (Lipinski definition) is 6. The highest BCUT2D eigenvalue weighted by Crippen LogP contribution is 2.38. The van der Waals surface area contributed by atoms with Crippen molar-refractivity contribution in [3.8, 4) is 11.5 Å². The number of alkyl halides is 6. The predicted octanol–water partition coefficient (Wildman–Crippen LogP) is 5.98. The number of carboxylic acid groups (broad SMARTS) is 2. The van der Waals surface area contributed by atoms with Crippen LogP contribution in [0.5, 0.6) is 11.5 Å². The number of carboxylic acids is 2. The zero-order valence-corrected chi connectivity index (χ0v) is 29.0. The summed E-state index contributed by atoms with van der Waals surface area (Å²) in [5.41, 5.74) is 15.6. The van der Waals surface area contributed by atoms with E-state index in [-0.39, 0.29) is 11.5 Å². The fourth-order valence-corrected chi connectivity index (χ4v) is 5.29. The van der Waals surface area contributed by atoms with Gasteiger partial charge in [-0.25, -0.2) is 9.59 Å². The monoisotopic (exact) mass is 761 g/mol. The Hall–Kier alpha value is -5.33. The molecule has 2 aromatic carbocycles. The number of halogens is 6. The Kier molecular flexibility index (Phi) is 15.7. The minimum Gasteiger partial charge on any atom is -0.490 e. The van der Waals surface area contributed by atoms with Gasteiger partial charge in [0.15, 0.2) is 11.5 Å². The summed E-state index contributed by atoms with van der Waals surface area (Å²) in [6.45, 7) is 7.15. The third-order valence-corrected chi connectivity index (χ3v) is 7.81. The summed E-state index contributed by atoms with van der Waals surface area (Å²) in [5, 5.41) is 21.5. The number of nitrogens with zero attached hydrogens (tertiary/aromatic N) is 1. The summed E-state index contributed by atoms with van der Waals surface area (Å²) in [5.74, 6) is -5.07.